The lowest BCUT2D eigenvalue weighted by Crippen LogP contribution is -2.13. The highest BCUT2D eigenvalue weighted by Crippen LogP contribution is 2.36. The Kier molecular flexibility index (Phi) is 3.68. The van der Waals surface area contributed by atoms with E-state index in [1.807, 2.05) is 18.4 Å². The normalized spacial score (nSPS) is 11.1. The van der Waals surface area contributed by atoms with Gasteiger partial charge in [-0.3, -0.25) is 4.79 Å². The maximum Gasteiger partial charge on any atom is 0.222 e. The van der Waals surface area contributed by atoms with Gasteiger partial charge in [0.25, 0.3) is 0 Å². The lowest BCUT2D eigenvalue weighted by molar-refractivity contribution is -0.117. The summed E-state index contributed by atoms with van der Waals surface area (Å²) >= 11 is 4.60. The topological polar surface area (TPSA) is 81.8 Å². The van der Waals surface area contributed by atoms with Gasteiger partial charge >= 0.3 is 0 Å². The molecule has 0 aliphatic heterocycles. The molecule has 3 aromatic heterocycles. The van der Waals surface area contributed by atoms with Crippen LogP contribution in [-0.2, 0) is 11.2 Å². The van der Waals surface area contributed by atoms with Crippen molar-refractivity contribution in [3.8, 4) is 0 Å². The molecule has 0 fully saturated rings. The summed E-state index contributed by atoms with van der Waals surface area (Å²) in [5.41, 5.74) is 7.03. The van der Waals surface area contributed by atoms with Gasteiger partial charge < -0.3 is 5.73 Å². The Labute approximate surface area is 127 Å². The molecule has 0 bridgehead atoms. The van der Waals surface area contributed by atoms with Gasteiger partial charge in [-0.25, -0.2) is 15.0 Å². The zero-order chi connectivity index (χ0) is 14.1. The maximum atomic E-state index is 11.0. The molecule has 0 radical (unpaired) electrons. The highest BCUT2D eigenvalue weighted by atomic mass is 32.2. The van der Waals surface area contributed by atoms with E-state index < -0.39 is 0 Å². The van der Waals surface area contributed by atoms with Crippen molar-refractivity contribution in [2.75, 3.05) is 0 Å². The van der Waals surface area contributed by atoms with Crippen LogP contribution in [0.1, 0.15) is 10.6 Å². The van der Waals surface area contributed by atoms with Crippen LogP contribution in [0.2, 0.25) is 0 Å². The van der Waals surface area contributed by atoms with Gasteiger partial charge in [-0.15, -0.1) is 22.7 Å². The van der Waals surface area contributed by atoms with Gasteiger partial charge in [-0.1, -0.05) is 0 Å². The third-order valence-electron chi connectivity index (χ3n) is 2.60. The summed E-state index contributed by atoms with van der Waals surface area (Å²) in [6.45, 7) is 1.89. The van der Waals surface area contributed by atoms with Crippen LogP contribution in [0.4, 0.5) is 0 Å². The van der Waals surface area contributed by atoms with Crippen LogP contribution in [0, 0.1) is 6.92 Å². The molecule has 102 valence electrons. The molecule has 0 aromatic carbocycles. The number of amides is 1. The van der Waals surface area contributed by atoms with Gasteiger partial charge in [0.1, 0.15) is 11.4 Å². The Morgan fingerprint density at radius 2 is 2.30 bits per heavy atom. The second-order valence-corrected chi connectivity index (χ2v) is 7.28. The second-order valence-electron chi connectivity index (χ2n) is 4.05. The molecule has 20 heavy (non-hydrogen) atoms. The van der Waals surface area contributed by atoms with Crippen molar-refractivity contribution in [1.82, 2.24) is 15.0 Å². The minimum atomic E-state index is -0.337. The smallest absolute Gasteiger partial charge is 0.222 e. The second kappa shape index (κ2) is 5.47. The molecule has 3 aromatic rings. The van der Waals surface area contributed by atoms with Crippen molar-refractivity contribution in [3.05, 3.63) is 28.3 Å². The molecule has 3 rings (SSSR count). The minimum Gasteiger partial charge on any atom is -0.369 e. The van der Waals surface area contributed by atoms with Gasteiger partial charge in [-0.2, -0.15) is 0 Å². The summed E-state index contributed by atoms with van der Waals surface area (Å²) in [6.07, 6.45) is 1.80. The Hall–Kier alpha value is -1.51. The van der Waals surface area contributed by atoms with Crippen LogP contribution < -0.4 is 5.73 Å². The molecule has 0 spiro atoms. The number of aryl methyl sites for hydroxylation is 1. The van der Waals surface area contributed by atoms with Crippen LogP contribution in [0.3, 0.4) is 0 Å². The van der Waals surface area contributed by atoms with Gasteiger partial charge in [0, 0.05) is 4.88 Å². The Morgan fingerprint density at radius 3 is 3.10 bits per heavy atom. The molecular formula is C12H10N4OS3. The molecule has 2 N–H and O–H groups in total. The fourth-order valence-electron chi connectivity index (χ4n) is 1.69. The SMILES string of the molecule is Cc1nc(Sc2ncnc3ccsc23)sc1CC(N)=O. The fourth-order valence-corrected chi connectivity index (χ4v) is 4.84. The zero-order valence-corrected chi connectivity index (χ0v) is 12.9. The summed E-state index contributed by atoms with van der Waals surface area (Å²) in [5.74, 6) is -0.337. The van der Waals surface area contributed by atoms with Crippen LogP contribution in [0.5, 0.6) is 0 Å². The van der Waals surface area contributed by atoms with E-state index in [-0.39, 0.29) is 12.3 Å². The maximum absolute atomic E-state index is 11.0. The summed E-state index contributed by atoms with van der Waals surface area (Å²) in [4.78, 5) is 24.9. The predicted octanol–water partition coefficient (Wildman–Crippen LogP) is 2.64. The highest BCUT2D eigenvalue weighted by molar-refractivity contribution is 8.01. The van der Waals surface area contributed by atoms with Crippen molar-refractivity contribution >= 4 is 50.6 Å². The number of nitrogens with two attached hydrogens (primary N) is 1. The molecule has 0 atom stereocenters. The number of carbonyl (C=O) groups excluding carboxylic acids is 1. The number of fused-ring (bicyclic) bond motifs is 1. The summed E-state index contributed by atoms with van der Waals surface area (Å²) in [5, 5.41) is 2.89. The number of nitrogens with zero attached hydrogens (tertiary/aromatic N) is 3. The summed E-state index contributed by atoms with van der Waals surface area (Å²) < 4.78 is 1.92. The average Bonchev–Trinajstić information content (AvgIpc) is 2.97. The van der Waals surface area contributed by atoms with E-state index >= 15 is 0 Å². The largest absolute Gasteiger partial charge is 0.369 e. The van der Waals surface area contributed by atoms with Crippen LogP contribution >= 0.6 is 34.4 Å². The van der Waals surface area contributed by atoms with Gasteiger partial charge in [0.2, 0.25) is 5.91 Å². The van der Waals surface area contributed by atoms with E-state index in [9.17, 15) is 4.79 Å². The molecule has 5 nitrogen and oxygen atoms in total. The number of thiophene rings is 1. The third-order valence-corrected chi connectivity index (χ3v) is 5.86. The Morgan fingerprint density at radius 1 is 1.45 bits per heavy atom. The van der Waals surface area contributed by atoms with E-state index in [0.717, 1.165) is 30.2 Å². The van der Waals surface area contributed by atoms with Crippen molar-refractivity contribution in [1.29, 1.82) is 0 Å². The van der Waals surface area contributed by atoms with Crippen molar-refractivity contribution in [2.45, 2.75) is 22.7 Å². The van der Waals surface area contributed by atoms with E-state index in [2.05, 4.69) is 15.0 Å². The average molecular weight is 322 g/mol. The minimum absolute atomic E-state index is 0.238. The molecular weight excluding hydrogens is 312 g/mol. The number of aromatic nitrogens is 3. The predicted molar refractivity (Wildman–Crippen MR) is 81.3 cm³/mol. The van der Waals surface area contributed by atoms with Gasteiger partial charge in [0.05, 0.1) is 22.3 Å². The number of hydrogen-bond acceptors (Lipinski definition) is 7. The molecule has 0 aliphatic carbocycles. The van der Waals surface area contributed by atoms with Crippen LogP contribution in [-0.4, -0.2) is 20.9 Å². The van der Waals surface area contributed by atoms with Crippen molar-refractivity contribution in [3.63, 3.8) is 0 Å². The number of primary amides is 1. The van der Waals surface area contributed by atoms with Crippen molar-refractivity contribution in [2.24, 2.45) is 5.73 Å². The van der Waals surface area contributed by atoms with Crippen LogP contribution in [0.25, 0.3) is 10.2 Å². The lowest BCUT2D eigenvalue weighted by atomic mass is 10.3. The Balaban J connectivity index is 1.91. The molecule has 0 unspecified atom stereocenters. The standard InChI is InChI=1S/C12H10N4OS3/c1-6-8(4-9(13)17)19-12(16-6)20-11-10-7(2-3-18-10)14-5-15-11/h2-3,5H,4H2,1H3,(H2,13,17). The molecule has 8 heteroatoms. The van der Waals surface area contributed by atoms with E-state index in [1.165, 1.54) is 23.1 Å². The first-order valence-corrected chi connectivity index (χ1v) is 8.25. The van der Waals surface area contributed by atoms with Crippen molar-refractivity contribution < 1.29 is 4.79 Å². The third kappa shape index (κ3) is 2.67. The summed E-state index contributed by atoms with van der Waals surface area (Å²) in [6, 6.07) is 1.97. The first-order valence-electron chi connectivity index (χ1n) is 5.74. The number of carbonyl (C=O) groups is 1. The Bertz CT molecular complexity index is 780. The monoisotopic (exact) mass is 322 g/mol. The summed E-state index contributed by atoms with van der Waals surface area (Å²) in [7, 11) is 0. The van der Waals surface area contributed by atoms with E-state index in [0.29, 0.717) is 0 Å². The molecule has 1 amide bonds. The molecule has 0 saturated heterocycles. The zero-order valence-electron chi connectivity index (χ0n) is 10.5. The lowest BCUT2D eigenvalue weighted by Gasteiger charge is -1.97. The molecule has 0 aliphatic rings. The molecule has 3 heterocycles. The highest BCUT2D eigenvalue weighted by Gasteiger charge is 2.13. The number of rotatable bonds is 4. The number of thiazole rings is 1. The number of hydrogen-bond donors (Lipinski definition) is 1. The first-order chi connectivity index (χ1) is 9.63. The van der Waals surface area contributed by atoms with Gasteiger partial charge in [0.15, 0.2) is 4.34 Å². The molecule has 0 saturated carbocycles. The van der Waals surface area contributed by atoms with E-state index in [4.69, 9.17) is 5.73 Å². The van der Waals surface area contributed by atoms with Gasteiger partial charge in [-0.05, 0) is 30.1 Å². The van der Waals surface area contributed by atoms with Crippen LogP contribution in [0.15, 0.2) is 27.1 Å². The quantitative estimate of drug-likeness (QED) is 0.747. The first kappa shape index (κ1) is 13.5. The fraction of sp³-hybridized carbons (Fsp3) is 0.167. The van der Waals surface area contributed by atoms with E-state index in [1.54, 1.807) is 17.7 Å².